The second kappa shape index (κ2) is 7.91. The summed E-state index contributed by atoms with van der Waals surface area (Å²) in [5.74, 6) is 0.270. The molecule has 3 rings (SSSR count). The lowest BCUT2D eigenvalue weighted by Gasteiger charge is -2.06. The lowest BCUT2D eigenvalue weighted by Crippen LogP contribution is -2.14. The average Bonchev–Trinajstić information content (AvgIpc) is 3.05. The van der Waals surface area contributed by atoms with E-state index in [-0.39, 0.29) is 11.7 Å². The number of aryl methyl sites for hydroxylation is 1. The first-order chi connectivity index (χ1) is 12.0. The molecule has 0 aliphatic rings. The van der Waals surface area contributed by atoms with E-state index >= 15 is 0 Å². The van der Waals surface area contributed by atoms with Gasteiger partial charge in [-0.25, -0.2) is 0 Å². The Kier molecular flexibility index (Phi) is 5.63. The number of carbonyl (C=O) groups is 1. The molecule has 0 fully saturated rings. The van der Waals surface area contributed by atoms with Crippen molar-refractivity contribution in [2.75, 3.05) is 11.1 Å². The van der Waals surface area contributed by atoms with Gasteiger partial charge >= 0.3 is 0 Å². The Morgan fingerprint density at radius 1 is 1.20 bits per heavy atom. The van der Waals surface area contributed by atoms with E-state index in [1.165, 1.54) is 0 Å². The van der Waals surface area contributed by atoms with Gasteiger partial charge < -0.3 is 9.73 Å². The summed E-state index contributed by atoms with van der Waals surface area (Å²) in [5.41, 5.74) is 2.32. The van der Waals surface area contributed by atoms with Crippen LogP contribution in [-0.2, 0) is 4.79 Å². The normalized spacial score (nSPS) is 10.7. The monoisotopic (exact) mass is 393 g/mol. The lowest BCUT2D eigenvalue weighted by atomic mass is 10.2. The molecule has 5 nitrogen and oxygen atoms in total. The number of anilines is 1. The SMILES string of the molecule is Cc1ccc(NC(=O)CSc2nnc(-c3cccc(Cl)c3)o2)c(Cl)c1. The highest BCUT2D eigenvalue weighted by Gasteiger charge is 2.12. The van der Waals surface area contributed by atoms with Crippen LogP contribution in [0.4, 0.5) is 5.69 Å². The van der Waals surface area contributed by atoms with Gasteiger partial charge in [-0.3, -0.25) is 4.79 Å². The minimum absolute atomic E-state index is 0.126. The molecule has 3 aromatic rings. The van der Waals surface area contributed by atoms with E-state index in [4.69, 9.17) is 27.6 Å². The van der Waals surface area contributed by atoms with Crippen LogP contribution in [0.15, 0.2) is 52.1 Å². The zero-order chi connectivity index (χ0) is 17.8. The molecule has 25 heavy (non-hydrogen) atoms. The van der Waals surface area contributed by atoms with Crippen molar-refractivity contribution in [3.8, 4) is 11.5 Å². The Bertz CT molecular complexity index is 914. The van der Waals surface area contributed by atoms with E-state index in [9.17, 15) is 4.79 Å². The van der Waals surface area contributed by atoms with Crippen LogP contribution in [0.3, 0.4) is 0 Å². The number of rotatable bonds is 5. The number of halogens is 2. The molecule has 2 aromatic carbocycles. The highest BCUT2D eigenvalue weighted by molar-refractivity contribution is 7.99. The van der Waals surface area contributed by atoms with Crippen LogP contribution >= 0.6 is 35.0 Å². The van der Waals surface area contributed by atoms with E-state index in [0.29, 0.717) is 26.8 Å². The fourth-order valence-electron chi connectivity index (χ4n) is 2.04. The zero-order valence-corrected chi connectivity index (χ0v) is 15.5. The number of hydrogen-bond acceptors (Lipinski definition) is 5. The molecule has 8 heteroatoms. The summed E-state index contributed by atoms with van der Waals surface area (Å²) in [6, 6.07) is 12.5. The number of amides is 1. The first kappa shape index (κ1) is 17.8. The molecule has 0 unspecified atom stereocenters. The molecule has 1 amide bonds. The second-order valence-electron chi connectivity index (χ2n) is 5.20. The van der Waals surface area contributed by atoms with Gasteiger partial charge in [-0.15, -0.1) is 10.2 Å². The number of aromatic nitrogens is 2. The van der Waals surface area contributed by atoms with Crippen LogP contribution in [0, 0.1) is 6.92 Å². The number of benzene rings is 2. The number of hydrogen-bond donors (Lipinski definition) is 1. The second-order valence-corrected chi connectivity index (χ2v) is 6.97. The summed E-state index contributed by atoms with van der Waals surface area (Å²) in [6.07, 6.45) is 0. The van der Waals surface area contributed by atoms with E-state index in [1.54, 1.807) is 30.3 Å². The summed E-state index contributed by atoms with van der Waals surface area (Å²) in [7, 11) is 0. The molecule has 0 aliphatic carbocycles. The van der Waals surface area contributed by atoms with Crippen LogP contribution in [0.5, 0.6) is 0 Å². The van der Waals surface area contributed by atoms with Gasteiger partial charge in [-0.05, 0) is 42.8 Å². The maximum absolute atomic E-state index is 12.0. The number of nitrogens with one attached hydrogen (secondary N) is 1. The maximum Gasteiger partial charge on any atom is 0.277 e. The third-order valence-corrected chi connectivity index (χ3v) is 4.57. The van der Waals surface area contributed by atoms with Crippen molar-refractivity contribution in [2.45, 2.75) is 12.1 Å². The van der Waals surface area contributed by atoms with E-state index in [2.05, 4.69) is 15.5 Å². The molecule has 0 spiro atoms. The van der Waals surface area contributed by atoms with Crippen LogP contribution in [0.1, 0.15) is 5.56 Å². The first-order valence-corrected chi connectivity index (χ1v) is 9.03. The Hall–Kier alpha value is -2.02. The van der Waals surface area contributed by atoms with Gasteiger partial charge in [-0.2, -0.15) is 0 Å². The van der Waals surface area contributed by atoms with Gasteiger partial charge in [0.25, 0.3) is 5.22 Å². The van der Waals surface area contributed by atoms with E-state index in [0.717, 1.165) is 22.9 Å². The summed E-state index contributed by atoms with van der Waals surface area (Å²) in [4.78, 5) is 12.0. The van der Waals surface area contributed by atoms with Crippen molar-refractivity contribution in [3.05, 3.63) is 58.1 Å². The molecule has 0 radical (unpaired) electrons. The van der Waals surface area contributed by atoms with Gasteiger partial charge in [-0.1, -0.05) is 47.1 Å². The van der Waals surface area contributed by atoms with Gasteiger partial charge in [0.1, 0.15) is 0 Å². The van der Waals surface area contributed by atoms with Crippen LogP contribution in [0.25, 0.3) is 11.5 Å². The molecule has 0 aliphatic heterocycles. The van der Waals surface area contributed by atoms with Crippen molar-refractivity contribution in [1.29, 1.82) is 0 Å². The topological polar surface area (TPSA) is 68.0 Å². The van der Waals surface area contributed by atoms with Crippen molar-refractivity contribution in [2.24, 2.45) is 0 Å². The Morgan fingerprint density at radius 3 is 2.80 bits per heavy atom. The van der Waals surface area contributed by atoms with Crippen molar-refractivity contribution in [3.63, 3.8) is 0 Å². The summed E-state index contributed by atoms with van der Waals surface area (Å²) in [5, 5.41) is 12.0. The molecule has 0 atom stereocenters. The number of carbonyl (C=O) groups excluding carboxylic acids is 1. The fraction of sp³-hybridized carbons (Fsp3) is 0.118. The molecule has 1 N–H and O–H groups in total. The van der Waals surface area contributed by atoms with E-state index in [1.807, 2.05) is 19.1 Å². The Morgan fingerprint density at radius 2 is 2.04 bits per heavy atom. The summed E-state index contributed by atoms with van der Waals surface area (Å²) in [6.45, 7) is 1.93. The maximum atomic E-state index is 12.0. The molecule has 0 saturated heterocycles. The third kappa shape index (κ3) is 4.75. The van der Waals surface area contributed by atoms with Gasteiger partial charge in [0.15, 0.2) is 0 Å². The molecule has 1 heterocycles. The van der Waals surface area contributed by atoms with E-state index < -0.39 is 0 Å². The molecular weight excluding hydrogens is 381 g/mol. The molecule has 1 aromatic heterocycles. The lowest BCUT2D eigenvalue weighted by molar-refractivity contribution is -0.113. The largest absolute Gasteiger partial charge is 0.411 e. The molecule has 0 bridgehead atoms. The zero-order valence-electron chi connectivity index (χ0n) is 13.1. The predicted octanol–water partition coefficient (Wildman–Crippen LogP) is 5.08. The molecular formula is C17H13Cl2N3O2S. The minimum atomic E-state index is -0.210. The van der Waals surface area contributed by atoms with Crippen LogP contribution < -0.4 is 5.32 Å². The summed E-state index contributed by atoms with van der Waals surface area (Å²) >= 11 is 13.2. The molecule has 0 saturated carbocycles. The van der Waals surface area contributed by atoms with Gasteiger partial charge in [0, 0.05) is 10.6 Å². The summed E-state index contributed by atoms with van der Waals surface area (Å²) < 4.78 is 5.54. The fourth-order valence-corrected chi connectivity index (χ4v) is 3.08. The standard InChI is InChI=1S/C17H13Cl2N3O2S/c1-10-5-6-14(13(19)7-10)20-15(23)9-25-17-22-21-16(24-17)11-3-2-4-12(18)8-11/h2-8H,9H2,1H3,(H,20,23). The third-order valence-electron chi connectivity index (χ3n) is 3.20. The number of nitrogens with zero attached hydrogens (tertiary/aromatic N) is 2. The van der Waals surface area contributed by atoms with Gasteiger partial charge in [0.05, 0.1) is 16.5 Å². The van der Waals surface area contributed by atoms with Crippen LogP contribution in [-0.4, -0.2) is 21.9 Å². The van der Waals surface area contributed by atoms with Crippen molar-refractivity contribution in [1.82, 2.24) is 10.2 Å². The highest BCUT2D eigenvalue weighted by atomic mass is 35.5. The average molecular weight is 394 g/mol. The predicted molar refractivity (Wildman–Crippen MR) is 100 cm³/mol. The van der Waals surface area contributed by atoms with Gasteiger partial charge in [0.2, 0.25) is 11.8 Å². The Balaban J connectivity index is 1.59. The quantitative estimate of drug-likeness (QED) is 0.611. The van der Waals surface area contributed by atoms with Crippen molar-refractivity contribution < 1.29 is 9.21 Å². The number of thioether (sulfide) groups is 1. The Labute approximate surface area is 158 Å². The highest BCUT2D eigenvalue weighted by Crippen LogP contribution is 2.26. The molecule has 128 valence electrons. The smallest absolute Gasteiger partial charge is 0.277 e. The first-order valence-electron chi connectivity index (χ1n) is 7.29. The minimum Gasteiger partial charge on any atom is -0.411 e. The van der Waals surface area contributed by atoms with Crippen molar-refractivity contribution >= 4 is 46.6 Å². The van der Waals surface area contributed by atoms with Crippen LogP contribution in [0.2, 0.25) is 10.0 Å².